The van der Waals surface area contributed by atoms with Gasteiger partial charge in [0.2, 0.25) is 0 Å². The Labute approximate surface area is 164 Å². The third-order valence-electron chi connectivity index (χ3n) is 8.02. The van der Waals surface area contributed by atoms with E-state index in [2.05, 4.69) is 64.5 Å². The summed E-state index contributed by atoms with van der Waals surface area (Å²) in [6, 6.07) is 18.3. The van der Waals surface area contributed by atoms with Crippen LogP contribution in [-0.2, 0) is 6.42 Å². The molecule has 0 saturated heterocycles. The summed E-state index contributed by atoms with van der Waals surface area (Å²) in [7, 11) is 0. The molecule has 0 amide bonds. The molecule has 0 radical (unpaired) electrons. The molecule has 3 aromatic rings. The normalized spacial score (nSPS) is 33.0. The van der Waals surface area contributed by atoms with Crippen LogP contribution in [0.2, 0.25) is 0 Å². The van der Waals surface area contributed by atoms with E-state index in [4.69, 9.17) is 0 Å². The van der Waals surface area contributed by atoms with E-state index in [9.17, 15) is 0 Å². The highest BCUT2D eigenvalue weighted by Crippen LogP contribution is 2.62. The van der Waals surface area contributed by atoms with Gasteiger partial charge in [0.25, 0.3) is 0 Å². The van der Waals surface area contributed by atoms with Crippen LogP contribution in [0.1, 0.15) is 54.5 Å². The van der Waals surface area contributed by atoms with Gasteiger partial charge in [-0.1, -0.05) is 64.5 Å². The van der Waals surface area contributed by atoms with Crippen molar-refractivity contribution >= 4 is 37.5 Å². The van der Waals surface area contributed by atoms with E-state index in [0.717, 1.165) is 11.8 Å². The maximum absolute atomic E-state index is 4.08. The lowest BCUT2D eigenvalue weighted by atomic mass is 9.65. The van der Waals surface area contributed by atoms with Crippen LogP contribution >= 0.6 is 15.9 Å². The first-order chi connectivity index (χ1) is 12.7. The van der Waals surface area contributed by atoms with Crippen LogP contribution in [0.15, 0.2) is 48.5 Å². The fourth-order valence-corrected chi connectivity index (χ4v) is 7.55. The fraction of sp³-hybridized carbons (Fsp3) is 0.440. The largest absolute Gasteiger partial charge is 0.0839 e. The molecule has 3 aliphatic rings. The average molecular weight is 405 g/mol. The number of hydrogen-bond acceptors (Lipinski definition) is 0. The highest BCUT2D eigenvalue weighted by atomic mass is 79.9. The van der Waals surface area contributed by atoms with E-state index in [0.29, 0.717) is 10.2 Å². The van der Waals surface area contributed by atoms with E-state index in [1.807, 2.05) is 0 Å². The molecule has 2 unspecified atom stereocenters. The predicted octanol–water partition coefficient (Wildman–Crippen LogP) is 7.57. The van der Waals surface area contributed by atoms with Gasteiger partial charge in [-0.15, -0.1) is 0 Å². The number of rotatable bonds is 1. The first-order valence-electron chi connectivity index (χ1n) is 10.3. The van der Waals surface area contributed by atoms with Crippen LogP contribution in [-0.4, -0.2) is 0 Å². The molecule has 2 fully saturated rings. The average Bonchev–Trinajstić information content (AvgIpc) is 3.30. The summed E-state index contributed by atoms with van der Waals surface area (Å²) in [5.74, 6) is 1.91. The molecule has 0 nitrogen and oxygen atoms in total. The third-order valence-corrected chi connectivity index (χ3v) is 8.88. The van der Waals surface area contributed by atoms with E-state index in [-0.39, 0.29) is 0 Å². The van der Waals surface area contributed by atoms with E-state index in [1.165, 1.54) is 66.5 Å². The Morgan fingerprint density at radius 3 is 2.46 bits per heavy atom. The minimum Gasteiger partial charge on any atom is -0.0839 e. The van der Waals surface area contributed by atoms with Crippen molar-refractivity contribution in [3.8, 4) is 0 Å². The topological polar surface area (TPSA) is 0 Å². The van der Waals surface area contributed by atoms with Crippen LogP contribution in [0.25, 0.3) is 21.5 Å². The highest BCUT2D eigenvalue weighted by molar-refractivity contribution is 9.09. The van der Waals surface area contributed by atoms with Gasteiger partial charge >= 0.3 is 0 Å². The van der Waals surface area contributed by atoms with Gasteiger partial charge < -0.3 is 0 Å². The zero-order valence-electron chi connectivity index (χ0n) is 15.2. The van der Waals surface area contributed by atoms with Gasteiger partial charge in [0.15, 0.2) is 0 Å². The second kappa shape index (κ2) is 5.58. The Bertz CT molecular complexity index is 1010. The summed E-state index contributed by atoms with van der Waals surface area (Å²) in [5.41, 5.74) is 3.84. The van der Waals surface area contributed by atoms with Crippen molar-refractivity contribution in [2.24, 2.45) is 17.3 Å². The molecule has 1 heteroatoms. The quantitative estimate of drug-likeness (QED) is 0.289. The zero-order valence-corrected chi connectivity index (χ0v) is 16.8. The van der Waals surface area contributed by atoms with Crippen LogP contribution in [0.3, 0.4) is 0 Å². The van der Waals surface area contributed by atoms with Crippen molar-refractivity contribution < 1.29 is 0 Å². The maximum atomic E-state index is 4.08. The molecule has 3 aromatic carbocycles. The molecule has 6 rings (SSSR count). The number of alkyl halides is 1. The molecule has 2 saturated carbocycles. The van der Waals surface area contributed by atoms with Crippen molar-refractivity contribution in [1.82, 2.24) is 0 Å². The predicted molar refractivity (Wildman–Crippen MR) is 114 cm³/mol. The summed E-state index contributed by atoms with van der Waals surface area (Å²) < 4.78 is 0. The van der Waals surface area contributed by atoms with E-state index < -0.39 is 0 Å². The molecular formula is C25H25Br. The smallest absolute Gasteiger partial charge is 0.0401 e. The number of halogens is 1. The second-order valence-corrected chi connectivity index (χ2v) is 10.2. The molecule has 3 aliphatic carbocycles. The van der Waals surface area contributed by atoms with Crippen molar-refractivity contribution in [1.29, 1.82) is 0 Å². The van der Waals surface area contributed by atoms with Crippen molar-refractivity contribution in [2.45, 2.75) is 49.8 Å². The minimum absolute atomic E-state index is 0.529. The monoisotopic (exact) mass is 404 g/mol. The van der Waals surface area contributed by atoms with Crippen LogP contribution in [0.5, 0.6) is 0 Å². The number of fused-ring (bicyclic) bond motifs is 7. The molecule has 2 atom stereocenters. The van der Waals surface area contributed by atoms with Gasteiger partial charge in [-0.05, 0) is 94.9 Å². The summed E-state index contributed by atoms with van der Waals surface area (Å²) in [6.45, 7) is 0. The molecule has 0 heterocycles. The van der Waals surface area contributed by atoms with Gasteiger partial charge in [0.1, 0.15) is 0 Å². The molecule has 2 bridgehead atoms. The number of benzene rings is 3. The van der Waals surface area contributed by atoms with Crippen molar-refractivity contribution in [2.75, 3.05) is 0 Å². The minimum atomic E-state index is 0.529. The molecule has 0 N–H and O–H groups in total. The van der Waals surface area contributed by atoms with Crippen LogP contribution in [0.4, 0.5) is 0 Å². The lowest BCUT2D eigenvalue weighted by molar-refractivity contribution is 0.151. The summed E-state index contributed by atoms with van der Waals surface area (Å²) >= 11 is 4.08. The lowest BCUT2D eigenvalue weighted by Gasteiger charge is -2.41. The van der Waals surface area contributed by atoms with Gasteiger partial charge in [0.05, 0.1) is 0 Å². The van der Waals surface area contributed by atoms with E-state index in [1.54, 1.807) is 11.1 Å². The number of hydrogen-bond donors (Lipinski definition) is 0. The first-order valence-corrected chi connectivity index (χ1v) is 11.2. The van der Waals surface area contributed by atoms with Crippen LogP contribution in [0, 0.1) is 17.3 Å². The summed E-state index contributed by atoms with van der Waals surface area (Å²) in [5, 5.41) is 5.70. The Morgan fingerprint density at radius 1 is 0.846 bits per heavy atom. The van der Waals surface area contributed by atoms with Crippen LogP contribution < -0.4 is 0 Å². The Kier molecular flexibility index (Phi) is 3.37. The van der Waals surface area contributed by atoms with Gasteiger partial charge in [-0.3, -0.25) is 0 Å². The summed E-state index contributed by atoms with van der Waals surface area (Å²) in [4.78, 5) is 0.529. The Hall–Kier alpha value is -1.34. The summed E-state index contributed by atoms with van der Waals surface area (Å²) in [6.07, 6.45) is 10.1. The molecule has 0 spiro atoms. The second-order valence-electron chi connectivity index (χ2n) is 9.13. The first kappa shape index (κ1) is 15.7. The van der Waals surface area contributed by atoms with Gasteiger partial charge in [0, 0.05) is 4.83 Å². The lowest BCUT2D eigenvalue weighted by Crippen LogP contribution is -2.31. The Balaban J connectivity index is 1.52. The van der Waals surface area contributed by atoms with E-state index >= 15 is 0 Å². The molecule has 132 valence electrons. The molecule has 26 heavy (non-hydrogen) atoms. The van der Waals surface area contributed by atoms with Crippen molar-refractivity contribution in [3.05, 3.63) is 59.7 Å². The Morgan fingerprint density at radius 2 is 1.65 bits per heavy atom. The maximum Gasteiger partial charge on any atom is 0.0401 e. The highest BCUT2D eigenvalue weighted by Gasteiger charge is 2.50. The standard InChI is InChI=1S/C25H25Br/c26-24-14-18(25-11-9-16(15-25)10-12-25)13-23-21-6-5-17-3-1-2-4-19(17)20(21)7-8-22(23)24/h1-8,16,18,24H,9-15H2. The molecular weight excluding hydrogens is 380 g/mol. The molecule has 0 aliphatic heterocycles. The van der Waals surface area contributed by atoms with Gasteiger partial charge in [-0.2, -0.15) is 0 Å². The van der Waals surface area contributed by atoms with Crippen molar-refractivity contribution in [3.63, 3.8) is 0 Å². The molecule has 0 aromatic heterocycles. The third kappa shape index (κ3) is 2.13. The fourth-order valence-electron chi connectivity index (χ4n) is 6.67. The SMILES string of the molecule is BrC1CC(C23CCC(CC2)C3)Cc2c1ccc1c2ccc2ccccc21. The van der Waals surface area contributed by atoms with Gasteiger partial charge in [-0.25, -0.2) is 0 Å². The zero-order chi connectivity index (χ0) is 17.3.